The molecule has 0 amide bonds. The third-order valence-electron chi connectivity index (χ3n) is 2.39. The molecule has 17 heavy (non-hydrogen) atoms. The van der Waals surface area contributed by atoms with Crippen LogP contribution in [-0.4, -0.2) is 25.5 Å². The van der Waals surface area contributed by atoms with Gasteiger partial charge in [-0.05, 0) is 26.0 Å². The molecule has 0 aliphatic carbocycles. The Morgan fingerprint density at radius 1 is 1.35 bits per heavy atom. The monoisotopic (exact) mass is 236 g/mol. The van der Waals surface area contributed by atoms with Gasteiger partial charge in [-0.25, -0.2) is 0 Å². The quantitative estimate of drug-likeness (QED) is 0.446. The number of methoxy groups -OCH3 is 1. The summed E-state index contributed by atoms with van der Waals surface area (Å²) in [6.45, 7) is 3.52. The Labute approximate surface area is 101 Å². The first-order valence-electron chi connectivity index (χ1n) is 5.45. The first-order chi connectivity index (χ1) is 8.10. The van der Waals surface area contributed by atoms with Crippen molar-refractivity contribution >= 4 is 11.8 Å². The zero-order valence-electron chi connectivity index (χ0n) is 10.2. The smallest absolute Gasteiger partial charge is 0.316 e. The Morgan fingerprint density at radius 2 is 2.06 bits per heavy atom. The van der Waals surface area contributed by atoms with Gasteiger partial charge in [-0.15, -0.1) is 0 Å². The second-order valence-electron chi connectivity index (χ2n) is 3.57. The highest BCUT2D eigenvalue weighted by Crippen LogP contribution is 2.16. The number of hydrogen-bond donors (Lipinski definition) is 0. The van der Waals surface area contributed by atoms with Gasteiger partial charge in [-0.2, -0.15) is 0 Å². The van der Waals surface area contributed by atoms with E-state index in [4.69, 9.17) is 9.47 Å². The molecular weight excluding hydrogens is 220 g/mol. The number of carbonyl (C=O) groups excluding carboxylic acids is 2. The first-order valence-corrected chi connectivity index (χ1v) is 5.45. The predicted molar refractivity (Wildman–Crippen MR) is 63.1 cm³/mol. The van der Waals surface area contributed by atoms with Gasteiger partial charge >= 0.3 is 5.97 Å². The Kier molecular flexibility index (Phi) is 4.69. The summed E-state index contributed by atoms with van der Waals surface area (Å²) in [5, 5.41) is 0. The molecule has 1 aromatic rings. The van der Waals surface area contributed by atoms with Gasteiger partial charge in [0.25, 0.3) is 0 Å². The highest BCUT2D eigenvalue weighted by Gasteiger charge is 2.24. The van der Waals surface area contributed by atoms with Gasteiger partial charge in [0.1, 0.15) is 11.7 Å². The van der Waals surface area contributed by atoms with E-state index in [0.29, 0.717) is 11.3 Å². The number of esters is 1. The third kappa shape index (κ3) is 3.31. The number of rotatable bonds is 5. The average molecular weight is 236 g/mol. The maximum Gasteiger partial charge on any atom is 0.316 e. The molecule has 0 fully saturated rings. The minimum absolute atomic E-state index is 0.262. The summed E-state index contributed by atoms with van der Waals surface area (Å²) in [5.41, 5.74) is 0.449. The molecule has 4 nitrogen and oxygen atoms in total. The molecule has 4 heteroatoms. The molecule has 0 saturated heterocycles. The van der Waals surface area contributed by atoms with Crippen LogP contribution in [0.15, 0.2) is 24.3 Å². The molecule has 0 bridgehead atoms. The zero-order valence-corrected chi connectivity index (χ0v) is 10.2. The maximum absolute atomic E-state index is 12.0. The van der Waals surface area contributed by atoms with Crippen LogP contribution in [0, 0.1) is 5.92 Å². The van der Waals surface area contributed by atoms with Gasteiger partial charge in [0.15, 0.2) is 5.78 Å². The molecule has 1 unspecified atom stereocenters. The SMILES string of the molecule is CCOC(=O)C(C)C(=O)c1cccc(OC)c1. The standard InChI is InChI=1S/C13H16O4/c1-4-17-13(15)9(2)12(14)10-6-5-7-11(8-10)16-3/h5-9H,4H2,1-3H3. The zero-order chi connectivity index (χ0) is 12.8. The van der Waals surface area contributed by atoms with Gasteiger partial charge in [0, 0.05) is 5.56 Å². The van der Waals surface area contributed by atoms with Crippen molar-refractivity contribution in [2.45, 2.75) is 13.8 Å². The number of ether oxygens (including phenoxy) is 2. The van der Waals surface area contributed by atoms with Crippen LogP contribution in [0.5, 0.6) is 5.75 Å². The molecule has 1 aromatic carbocycles. The van der Waals surface area contributed by atoms with E-state index in [2.05, 4.69) is 0 Å². The minimum atomic E-state index is -0.790. The first kappa shape index (κ1) is 13.2. The lowest BCUT2D eigenvalue weighted by Crippen LogP contribution is -2.23. The topological polar surface area (TPSA) is 52.6 Å². The maximum atomic E-state index is 12.0. The molecule has 0 aromatic heterocycles. The number of hydrogen-bond acceptors (Lipinski definition) is 4. The molecular formula is C13H16O4. The van der Waals surface area contributed by atoms with Crippen molar-refractivity contribution in [3.63, 3.8) is 0 Å². The number of ketones is 1. The van der Waals surface area contributed by atoms with Crippen LogP contribution in [0.2, 0.25) is 0 Å². The predicted octanol–water partition coefficient (Wildman–Crippen LogP) is 2.08. The fraction of sp³-hybridized carbons (Fsp3) is 0.385. The van der Waals surface area contributed by atoms with Crippen molar-refractivity contribution in [1.29, 1.82) is 0 Å². The fourth-order valence-corrected chi connectivity index (χ4v) is 1.40. The molecule has 0 radical (unpaired) electrons. The van der Waals surface area contributed by atoms with E-state index in [0.717, 1.165) is 0 Å². The summed E-state index contributed by atoms with van der Waals surface area (Å²) >= 11 is 0. The summed E-state index contributed by atoms with van der Waals surface area (Å²) in [5.74, 6) is -0.961. The van der Waals surface area contributed by atoms with Crippen molar-refractivity contribution in [2.75, 3.05) is 13.7 Å². The Hall–Kier alpha value is -1.84. The van der Waals surface area contributed by atoms with Crippen LogP contribution < -0.4 is 4.74 Å². The number of Topliss-reactive ketones (excluding diaryl/α,β-unsaturated/α-hetero) is 1. The van der Waals surface area contributed by atoms with E-state index in [1.807, 2.05) is 0 Å². The summed E-state index contributed by atoms with van der Waals surface area (Å²) in [6.07, 6.45) is 0. The van der Waals surface area contributed by atoms with E-state index in [1.165, 1.54) is 7.11 Å². The minimum Gasteiger partial charge on any atom is -0.497 e. The third-order valence-corrected chi connectivity index (χ3v) is 2.39. The van der Waals surface area contributed by atoms with Crippen molar-refractivity contribution in [3.05, 3.63) is 29.8 Å². The van der Waals surface area contributed by atoms with Gasteiger partial charge in [-0.1, -0.05) is 12.1 Å². The van der Waals surface area contributed by atoms with Gasteiger partial charge < -0.3 is 9.47 Å². The lowest BCUT2D eigenvalue weighted by Gasteiger charge is -2.10. The van der Waals surface area contributed by atoms with E-state index < -0.39 is 11.9 Å². The Bertz CT molecular complexity index is 412. The van der Waals surface area contributed by atoms with Crippen LogP contribution in [0.25, 0.3) is 0 Å². The summed E-state index contributed by atoms with van der Waals surface area (Å²) < 4.78 is 9.84. The van der Waals surface area contributed by atoms with Crippen LogP contribution in [0.4, 0.5) is 0 Å². The van der Waals surface area contributed by atoms with Crippen LogP contribution in [-0.2, 0) is 9.53 Å². The molecule has 0 aliphatic rings. The Balaban J connectivity index is 2.84. The fourth-order valence-electron chi connectivity index (χ4n) is 1.40. The van der Waals surface area contributed by atoms with Crippen molar-refractivity contribution in [2.24, 2.45) is 5.92 Å². The van der Waals surface area contributed by atoms with Gasteiger partial charge in [-0.3, -0.25) is 9.59 Å². The lowest BCUT2D eigenvalue weighted by atomic mass is 9.99. The van der Waals surface area contributed by atoms with Crippen molar-refractivity contribution in [3.8, 4) is 5.75 Å². The van der Waals surface area contributed by atoms with Gasteiger partial charge in [0.05, 0.1) is 13.7 Å². The number of benzene rings is 1. The van der Waals surface area contributed by atoms with Crippen molar-refractivity contribution in [1.82, 2.24) is 0 Å². The van der Waals surface area contributed by atoms with Gasteiger partial charge in [0.2, 0.25) is 0 Å². The second kappa shape index (κ2) is 6.03. The van der Waals surface area contributed by atoms with E-state index in [1.54, 1.807) is 38.1 Å². The van der Waals surface area contributed by atoms with Crippen LogP contribution in [0.1, 0.15) is 24.2 Å². The van der Waals surface area contributed by atoms with Crippen LogP contribution >= 0.6 is 0 Å². The molecule has 0 aliphatic heterocycles. The Morgan fingerprint density at radius 3 is 2.65 bits per heavy atom. The largest absolute Gasteiger partial charge is 0.497 e. The van der Waals surface area contributed by atoms with E-state index >= 15 is 0 Å². The normalized spacial score (nSPS) is 11.7. The molecule has 0 N–H and O–H groups in total. The molecule has 92 valence electrons. The van der Waals surface area contributed by atoms with Crippen molar-refractivity contribution < 1.29 is 19.1 Å². The highest BCUT2D eigenvalue weighted by atomic mass is 16.5. The molecule has 0 spiro atoms. The molecule has 1 atom stereocenters. The second-order valence-corrected chi connectivity index (χ2v) is 3.57. The molecule has 0 saturated carbocycles. The van der Waals surface area contributed by atoms with Crippen LogP contribution in [0.3, 0.4) is 0 Å². The summed E-state index contributed by atoms with van der Waals surface area (Å²) in [7, 11) is 1.53. The molecule has 0 heterocycles. The summed E-state index contributed by atoms with van der Waals surface area (Å²) in [4.78, 5) is 23.4. The summed E-state index contributed by atoms with van der Waals surface area (Å²) in [6, 6.07) is 6.72. The highest BCUT2D eigenvalue weighted by molar-refractivity contribution is 6.08. The van der Waals surface area contributed by atoms with E-state index in [-0.39, 0.29) is 12.4 Å². The lowest BCUT2D eigenvalue weighted by molar-refractivity contribution is -0.145. The average Bonchev–Trinajstić information content (AvgIpc) is 2.37. The van der Waals surface area contributed by atoms with E-state index in [9.17, 15) is 9.59 Å². The number of carbonyl (C=O) groups is 2. The molecule has 1 rings (SSSR count).